The zero-order valence-corrected chi connectivity index (χ0v) is 10.4. The van der Waals surface area contributed by atoms with Crippen molar-refractivity contribution in [3.8, 4) is 0 Å². The van der Waals surface area contributed by atoms with E-state index in [9.17, 15) is 4.79 Å². The standard InChI is InChI=1S/C13H20N2O/c1-13(2,3)11-7-5-10(6-8-11)9-12(16)15-14-4/h5-8,14H,9H2,1-4H3,(H,15,16). The van der Waals surface area contributed by atoms with E-state index in [2.05, 4.69) is 43.8 Å². The number of hydrogen-bond donors (Lipinski definition) is 2. The van der Waals surface area contributed by atoms with Gasteiger partial charge in [-0.1, -0.05) is 45.0 Å². The van der Waals surface area contributed by atoms with E-state index in [1.54, 1.807) is 7.05 Å². The van der Waals surface area contributed by atoms with E-state index in [0.717, 1.165) is 5.56 Å². The van der Waals surface area contributed by atoms with E-state index in [1.807, 2.05) is 12.1 Å². The Morgan fingerprint density at radius 1 is 1.19 bits per heavy atom. The molecule has 0 saturated carbocycles. The smallest absolute Gasteiger partial charge is 0.238 e. The molecule has 88 valence electrons. The Morgan fingerprint density at radius 3 is 2.19 bits per heavy atom. The van der Waals surface area contributed by atoms with Crippen molar-refractivity contribution >= 4 is 5.91 Å². The van der Waals surface area contributed by atoms with Crippen molar-refractivity contribution in [1.29, 1.82) is 0 Å². The van der Waals surface area contributed by atoms with Crippen LogP contribution in [0.1, 0.15) is 31.9 Å². The molecule has 0 bridgehead atoms. The Morgan fingerprint density at radius 2 is 1.75 bits per heavy atom. The number of rotatable bonds is 3. The molecule has 0 aliphatic rings. The number of amides is 1. The summed E-state index contributed by atoms with van der Waals surface area (Å²) in [4.78, 5) is 11.3. The van der Waals surface area contributed by atoms with Crippen molar-refractivity contribution in [2.45, 2.75) is 32.6 Å². The van der Waals surface area contributed by atoms with Gasteiger partial charge in [-0.05, 0) is 16.5 Å². The third kappa shape index (κ3) is 3.66. The SMILES string of the molecule is CNNC(=O)Cc1ccc(C(C)(C)C)cc1. The first-order valence-electron chi connectivity index (χ1n) is 5.48. The number of carbonyl (C=O) groups is 1. The largest absolute Gasteiger partial charge is 0.292 e. The fourth-order valence-electron chi connectivity index (χ4n) is 1.49. The summed E-state index contributed by atoms with van der Waals surface area (Å²) in [5.74, 6) is -0.0222. The molecule has 16 heavy (non-hydrogen) atoms. The highest BCUT2D eigenvalue weighted by molar-refractivity contribution is 5.78. The average Bonchev–Trinajstić information content (AvgIpc) is 2.17. The molecule has 3 heteroatoms. The van der Waals surface area contributed by atoms with Crippen LogP contribution in [0.2, 0.25) is 0 Å². The maximum Gasteiger partial charge on any atom is 0.238 e. The third-order valence-corrected chi connectivity index (χ3v) is 2.45. The van der Waals surface area contributed by atoms with E-state index in [4.69, 9.17) is 0 Å². The third-order valence-electron chi connectivity index (χ3n) is 2.45. The van der Waals surface area contributed by atoms with E-state index < -0.39 is 0 Å². The van der Waals surface area contributed by atoms with Gasteiger partial charge in [0.15, 0.2) is 0 Å². The fourth-order valence-corrected chi connectivity index (χ4v) is 1.49. The minimum absolute atomic E-state index is 0.0222. The van der Waals surface area contributed by atoms with Gasteiger partial charge in [0.25, 0.3) is 0 Å². The first kappa shape index (κ1) is 12.7. The fraction of sp³-hybridized carbons (Fsp3) is 0.462. The quantitative estimate of drug-likeness (QED) is 0.762. The highest BCUT2D eigenvalue weighted by atomic mass is 16.2. The average molecular weight is 220 g/mol. The number of hydrogen-bond acceptors (Lipinski definition) is 2. The van der Waals surface area contributed by atoms with E-state index >= 15 is 0 Å². The molecule has 1 aromatic rings. The van der Waals surface area contributed by atoms with Gasteiger partial charge in [-0.2, -0.15) is 0 Å². The van der Waals surface area contributed by atoms with Gasteiger partial charge in [-0.3, -0.25) is 10.2 Å². The number of benzene rings is 1. The Kier molecular flexibility index (Phi) is 4.07. The molecule has 1 rings (SSSR count). The van der Waals surface area contributed by atoms with Gasteiger partial charge in [-0.25, -0.2) is 5.43 Å². The van der Waals surface area contributed by atoms with Crippen LogP contribution in [0.4, 0.5) is 0 Å². The van der Waals surface area contributed by atoms with Crippen LogP contribution >= 0.6 is 0 Å². The van der Waals surface area contributed by atoms with Crippen molar-refractivity contribution < 1.29 is 4.79 Å². The van der Waals surface area contributed by atoms with E-state index in [-0.39, 0.29) is 11.3 Å². The Bertz CT molecular complexity index is 349. The summed E-state index contributed by atoms with van der Waals surface area (Å²) in [7, 11) is 1.68. The van der Waals surface area contributed by atoms with Crippen LogP contribution in [0.25, 0.3) is 0 Å². The highest BCUT2D eigenvalue weighted by Crippen LogP contribution is 2.22. The maximum atomic E-state index is 11.3. The zero-order valence-electron chi connectivity index (χ0n) is 10.4. The monoisotopic (exact) mass is 220 g/mol. The number of hydrazine groups is 1. The summed E-state index contributed by atoms with van der Waals surface area (Å²) in [6.45, 7) is 6.53. The summed E-state index contributed by atoms with van der Waals surface area (Å²) >= 11 is 0. The van der Waals surface area contributed by atoms with Crippen LogP contribution in [0, 0.1) is 0 Å². The van der Waals surface area contributed by atoms with Crippen LogP contribution in [0.5, 0.6) is 0 Å². The molecule has 1 amide bonds. The predicted molar refractivity (Wildman–Crippen MR) is 66.0 cm³/mol. The molecule has 0 unspecified atom stereocenters. The van der Waals surface area contributed by atoms with Gasteiger partial charge in [0, 0.05) is 7.05 Å². The molecule has 2 N–H and O–H groups in total. The number of carbonyl (C=O) groups excluding carboxylic acids is 1. The second kappa shape index (κ2) is 5.12. The van der Waals surface area contributed by atoms with Gasteiger partial charge in [-0.15, -0.1) is 0 Å². The Balaban J connectivity index is 2.69. The lowest BCUT2D eigenvalue weighted by Crippen LogP contribution is -2.35. The van der Waals surface area contributed by atoms with Crippen molar-refractivity contribution in [1.82, 2.24) is 10.9 Å². The van der Waals surface area contributed by atoms with Crippen LogP contribution in [-0.4, -0.2) is 13.0 Å². The highest BCUT2D eigenvalue weighted by Gasteiger charge is 2.13. The minimum Gasteiger partial charge on any atom is -0.292 e. The molecular weight excluding hydrogens is 200 g/mol. The zero-order chi connectivity index (χ0) is 12.2. The molecule has 0 aliphatic carbocycles. The van der Waals surface area contributed by atoms with Crippen molar-refractivity contribution in [3.63, 3.8) is 0 Å². The summed E-state index contributed by atoms with van der Waals surface area (Å²) < 4.78 is 0. The van der Waals surface area contributed by atoms with Gasteiger partial charge >= 0.3 is 0 Å². The first-order chi connectivity index (χ1) is 7.43. The number of nitrogens with one attached hydrogen (secondary N) is 2. The molecule has 0 aromatic heterocycles. The molecule has 1 aromatic carbocycles. The molecule has 0 heterocycles. The molecular formula is C13H20N2O. The molecule has 0 spiro atoms. The van der Waals surface area contributed by atoms with Crippen LogP contribution < -0.4 is 10.9 Å². The van der Waals surface area contributed by atoms with Crippen LogP contribution in [0.3, 0.4) is 0 Å². The van der Waals surface area contributed by atoms with Crippen molar-refractivity contribution in [2.24, 2.45) is 0 Å². The summed E-state index contributed by atoms with van der Waals surface area (Å²) in [6, 6.07) is 8.19. The second-order valence-corrected chi connectivity index (χ2v) is 4.92. The van der Waals surface area contributed by atoms with Gasteiger partial charge in [0.1, 0.15) is 0 Å². The van der Waals surface area contributed by atoms with Gasteiger partial charge in [0.2, 0.25) is 5.91 Å². The Hall–Kier alpha value is -1.35. The van der Waals surface area contributed by atoms with Crippen LogP contribution in [0.15, 0.2) is 24.3 Å². The molecule has 0 radical (unpaired) electrons. The Labute approximate surface area is 97.2 Å². The molecule has 0 aliphatic heterocycles. The lowest BCUT2D eigenvalue weighted by molar-refractivity contribution is -0.121. The second-order valence-electron chi connectivity index (χ2n) is 4.92. The van der Waals surface area contributed by atoms with Crippen molar-refractivity contribution in [3.05, 3.63) is 35.4 Å². The normalized spacial score (nSPS) is 11.2. The van der Waals surface area contributed by atoms with Crippen molar-refractivity contribution in [2.75, 3.05) is 7.05 Å². The first-order valence-corrected chi connectivity index (χ1v) is 5.48. The lowest BCUT2D eigenvalue weighted by atomic mass is 9.86. The van der Waals surface area contributed by atoms with E-state index in [0.29, 0.717) is 6.42 Å². The summed E-state index contributed by atoms with van der Waals surface area (Å²) in [6.07, 6.45) is 0.408. The van der Waals surface area contributed by atoms with Gasteiger partial charge < -0.3 is 0 Å². The summed E-state index contributed by atoms with van der Waals surface area (Å²) in [5.41, 5.74) is 7.64. The molecule has 3 nitrogen and oxygen atoms in total. The molecule has 0 saturated heterocycles. The van der Waals surface area contributed by atoms with E-state index in [1.165, 1.54) is 5.56 Å². The maximum absolute atomic E-state index is 11.3. The minimum atomic E-state index is -0.0222. The topological polar surface area (TPSA) is 41.1 Å². The lowest BCUT2D eigenvalue weighted by Gasteiger charge is -2.19. The summed E-state index contributed by atoms with van der Waals surface area (Å²) in [5, 5.41) is 0. The molecule has 0 atom stereocenters. The molecule has 0 fully saturated rings. The predicted octanol–water partition coefficient (Wildman–Crippen LogP) is 1.78. The van der Waals surface area contributed by atoms with Crippen LogP contribution in [-0.2, 0) is 16.6 Å². The van der Waals surface area contributed by atoms with Gasteiger partial charge in [0.05, 0.1) is 6.42 Å².